The van der Waals surface area contributed by atoms with Crippen LogP contribution in [0, 0.1) is 0 Å². The molecular weight excluding hydrogens is 538 g/mol. The van der Waals surface area contributed by atoms with Crippen molar-refractivity contribution in [2.45, 2.75) is 47.0 Å². The number of rotatable bonds is 7. The molecule has 0 aromatic heterocycles. The van der Waals surface area contributed by atoms with E-state index >= 15 is 0 Å². The SMILES string of the molecule is O=S(=O)(O)C(F)(F)C(F)(F)C(F)(F)C(F)(F)C(F)(F)C(F)(F)C(F)(F)C(F)(F)F.[KH]. The van der Waals surface area contributed by atoms with E-state index < -0.39 is 57.1 Å². The molecule has 0 bridgehead atoms. The van der Waals surface area contributed by atoms with Crippen molar-refractivity contribution in [3.63, 3.8) is 0 Å². The van der Waals surface area contributed by atoms with Crippen molar-refractivity contribution in [3.05, 3.63) is 0 Å². The maximum absolute atomic E-state index is 13.0. The summed E-state index contributed by atoms with van der Waals surface area (Å²) in [7, 11) is -7.89. The third kappa shape index (κ3) is 4.05. The monoisotopic (exact) mass is 540 g/mol. The van der Waals surface area contributed by atoms with E-state index in [1.165, 1.54) is 0 Å². The Bertz CT molecular complexity index is 739. The van der Waals surface area contributed by atoms with Gasteiger partial charge in [0.1, 0.15) is 0 Å². The Morgan fingerprint density at radius 1 is 0.433 bits per heavy atom. The third-order valence-corrected chi connectivity index (χ3v) is 3.92. The minimum atomic E-state index is -8.89. The minimum absolute atomic E-state index is 0. The van der Waals surface area contributed by atoms with Gasteiger partial charge in [-0.15, -0.1) is 0 Å². The van der Waals surface area contributed by atoms with Gasteiger partial charge in [0.15, 0.2) is 0 Å². The van der Waals surface area contributed by atoms with Crippen LogP contribution < -0.4 is 0 Å². The van der Waals surface area contributed by atoms with Gasteiger partial charge in [-0.25, -0.2) is 0 Å². The molecule has 0 aromatic carbocycles. The predicted octanol–water partition coefficient (Wildman–Crippen LogP) is 4.19. The molecule has 30 heavy (non-hydrogen) atoms. The Balaban J connectivity index is 0. The fraction of sp³-hybridized carbons (Fsp3) is 1.00. The van der Waals surface area contributed by atoms with E-state index in [1.54, 1.807) is 0 Å². The Hall–Kier alpha value is 0.356. The van der Waals surface area contributed by atoms with Crippen LogP contribution in [-0.4, -0.2) is 111 Å². The van der Waals surface area contributed by atoms with E-state index in [2.05, 4.69) is 0 Å². The molecule has 0 amide bonds. The van der Waals surface area contributed by atoms with Gasteiger partial charge in [-0.1, -0.05) is 0 Å². The molecule has 0 unspecified atom stereocenters. The van der Waals surface area contributed by atoms with Gasteiger partial charge in [-0.05, 0) is 0 Å². The molecular formula is C8H2F17KO3S. The molecule has 0 saturated carbocycles. The molecule has 0 heterocycles. The summed E-state index contributed by atoms with van der Waals surface area (Å²) in [6.45, 7) is 0. The summed E-state index contributed by atoms with van der Waals surface area (Å²) in [4.78, 5) is 0. The Kier molecular flexibility index (Phi) is 8.66. The Morgan fingerprint density at radius 2 is 0.633 bits per heavy atom. The number of halogens is 17. The van der Waals surface area contributed by atoms with Gasteiger partial charge < -0.3 is 0 Å². The average molecular weight is 540 g/mol. The van der Waals surface area contributed by atoms with Gasteiger partial charge in [-0.3, -0.25) is 4.55 Å². The first-order valence-electron chi connectivity index (χ1n) is 5.68. The van der Waals surface area contributed by atoms with Crippen LogP contribution in [-0.2, 0) is 10.1 Å². The molecule has 0 aromatic rings. The molecule has 3 nitrogen and oxygen atoms in total. The van der Waals surface area contributed by atoms with E-state index in [0.717, 1.165) is 0 Å². The van der Waals surface area contributed by atoms with Crippen LogP contribution >= 0.6 is 0 Å². The normalized spacial score (nSPS) is 16.3. The van der Waals surface area contributed by atoms with Gasteiger partial charge in [0, 0.05) is 0 Å². The first kappa shape index (κ1) is 32.5. The zero-order valence-electron chi connectivity index (χ0n) is 12.1. The first-order valence-corrected chi connectivity index (χ1v) is 7.12. The molecule has 0 aliphatic carbocycles. The van der Waals surface area contributed by atoms with Crippen LogP contribution in [0.2, 0.25) is 0 Å². The van der Waals surface area contributed by atoms with Crippen LogP contribution in [0.5, 0.6) is 0 Å². The van der Waals surface area contributed by atoms with E-state index in [0.29, 0.717) is 0 Å². The molecule has 1 N–H and O–H groups in total. The van der Waals surface area contributed by atoms with Gasteiger partial charge in [-0.2, -0.15) is 83.1 Å². The molecule has 0 saturated heterocycles. The van der Waals surface area contributed by atoms with Crippen LogP contribution in [0.15, 0.2) is 0 Å². The molecule has 22 heteroatoms. The number of alkyl halides is 17. The van der Waals surface area contributed by atoms with Crippen molar-refractivity contribution in [2.24, 2.45) is 0 Å². The molecule has 0 rings (SSSR count). The second-order valence-electron chi connectivity index (χ2n) is 4.94. The zero-order valence-corrected chi connectivity index (χ0v) is 12.9. The van der Waals surface area contributed by atoms with Crippen molar-refractivity contribution in [3.8, 4) is 0 Å². The first-order chi connectivity index (χ1) is 12.0. The third-order valence-electron chi connectivity index (χ3n) is 3.02. The molecule has 0 fully saturated rings. The van der Waals surface area contributed by atoms with Gasteiger partial charge in [0.05, 0.1) is 0 Å². The summed E-state index contributed by atoms with van der Waals surface area (Å²) < 4.78 is 242. The topological polar surface area (TPSA) is 54.4 Å². The van der Waals surface area contributed by atoms with E-state index in [9.17, 15) is 83.1 Å². The summed E-state index contributed by atoms with van der Waals surface area (Å²) in [6.07, 6.45) is -7.88. The predicted molar refractivity (Wildman–Crippen MR) is 59.4 cm³/mol. The van der Waals surface area contributed by atoms with E-state index in [1.807, 2.05) is 0 Å². The van der Waals surface area contributed by atoms with Crippen LogP contribution in [0.1, 0.15) is 0 Å². The van der Waals surface area contributed by atoms with E-state index in [-0.39, 0.29) is 51.4 Å². The fourth-order valence-corrected chi connectivity index (χ4v) is 1.76. The van der Waals surface area contributed by atoms with Gasteiger partial charge >= 0.3 is 108 Å². The van der Waals surface area contributed by atoms with Crippen LogP contribution in [0.25, 0.3) is 0 Å². The van der Waals surface area contributed by atoms with Crippen LogP contribution in [0.4, 0.5) is 74.6 Å². The number of hydrogen-bond acceptors (Lipinski definition) is 2. The second kappa shape index (κ2) is 7.99. The van der Waals surface area contributed by atoms with Crippen molar-refractivity contribution in [1.82, 2.24) is 0 Å². The second-order valence-corrected chi connectivity index (χ2v) is 6.40. The molecule has 0 spiro atoms. The van der Waals surface area contributed by atoms with E-state index in [4.69, 9.17) is 4.55 Å². The van der Waals surface area contributed by atoms with Crippen LogP contribution in [0.3, 0.4) is 0 Å². The fourth-order valence-electron chi connectivity index (χ4n) is 1.31. The Morgan fingerprint density at radius 3 is 0.833 bits per heavy atom. The van der Waals surface area contributed by atoms with Crippen molar-refractivity contribution in [1.29, 1.82) is 0 Å². The molecule has 0 aliphatic heterocycles. The standard InChI is InChI=1S/C8HF17O3S.K.H/c9-1(10,3(13,14)5(17,18)7(21,22)23)2(11,12)4(15,16)6(19,20)8(24,25)29(26,27)28;;/h(H,26,27,28);;. The van der Waals surface area contributed by atoms with Crippen molar-refractivity contribution < 1.29 is 87.6 Å². The summed E-state index contributed by atoms with van der Waals surface area (Å²) in [5.74, 6) is -52.0. The molecule has 0 radical (unpaired) electrons. The molecule has 178 valence electrons. The van der Waals surface area contributed by atoms with Crippen molar-refractivity contribution >= 4 is 61.5 Å². The van der Waals surface area contributed by atoms with Crippen molar-refractivity contribution in [2.75, 3.05) is 0 Å². The van der Waals surface area contributed by atoms with Gasteiger partial charge in [0.25, 0.3) is 0 Å². The average Bonchev–Trinajstić information content (AvgIpc) is 2.43. The summed E-state index contributed by atoms with van der Waals surface area (Å²) in [5, 5.41) is -7.84. The quantitative estimate of drug-likeness (QED) is 0.300. The molecule has 0 atom stereocenters. The number of hydrogen-bond donors (Lipinski definition) is 1. The zero-order chi connectivity index (χ0) is 24.5. The maximum atomic E-state index is 13.0. The molecule has 0 aliphatic rings. The summed E-state index contributed by atoms with van der Waals surface area (Å²) in [6, 6.07) is 0. The summed E-state index contributed by atoms with van der Waals surface area (Å²) >= 11 is 0. The van der Waals surface area contributed by atoms with Gasteiger partial charge in [0.2, 0.25) is 0 Å². The Labute approximate surface area is 195 Å². The summed E-state index contributed by atoms with van der Waals surface area (Å²) in [5.41, 5.74) is 0.